The number of ketones is 1. The van der Waals surface area contributed by atoms with Gasteiger partial charge < -0.3 is 4.74 Å². The number of hydrogen-bond acceptors (Lipinski definition) is 3. The summed E-state index contributed by atoms with van der Waals surface area (Å²) in [7, 11) is 0. The number of alkyl halides is 1. The standard InChI is InChI=1S/C20H27FO3/c1-11(22)24-19-6-5-17-15-10-18(23)16-9-12(21)3-4-13(16)14(15)7-8-20(17,19)2/h12,14-15,17,19H,3-10H2,1-2H3/t12-,14+,15+,17-,19-,20-/m0/s1. The first-order valence-electron chi connectivity index (χ1n) is 9.46. The number of halogens is 1. The van der Waals surface area contributed by atoms with Gasteiger partial charge in [-0.15, -0.1) is 0 Å². The summed E-state index contributed by atoms with van der Waals surface area (Å²) >= 11 is 0. The van der Waals surface area contributed by atoms with E-state index in [1.54, 1.807) is 0 Å². The average Bonchev–Trinajstić information content (AvgIpc) is 2.84. The van der Waals surface area contributed by atoms with Gasteiger partial charge in [-0.05, 0) is 61.9 Å². The van der Waals surface area contributed by atoms with Crippen molar-refractivity contribution in [1.29, 1.82) is 0 Å². The predicted molar refractivity (Wildman–Crippen MR) is 88.0 cm³/mol. The average molecular weight is 334 g/mol. The third kappa shape index (κ3) is 2.36. The van der Waals surface area contributed by atoms with Gasteiger partial charge in [-0.2, -0.15) is 0 Å². The molecule has 2 saturated carbocycles. The second kappa shape index (κ2) is 5.67. The maximum absolute atomic E-state index is 13.8. The van der Waals surface area contributed by atoms with Gasteiger partial charge in [0.1, 0.15) is 12.3 Å². The van der Waals surface area contributed by atoms with E-state index in [4.69, 9.17) is 4.74 Å². The lowest BCUT2D eigenvalue weighted by Gasteiger charge is -2.51. The van der Waals surface area contributed by atoms with Gasteiger partial charge in [0.25, 0.3) is 0 Å². The second-order valence-electron chi connectivity index (χ2n) is 8.57. The molecule has 0 bridgehead atoms. The van der Waals surface area contributed by atoms with Crippen LogP contribution in [0, 0.1) is 23.2 Å². The van der Waals surface area contributed by atoms with Crippen LogP contribution < -0.4 is 0 Å². The monoisotopic (exact) mass is 334 g/mol. The van der Waals surface area contributed by atoms with Crippen molar-refractivity contribution in [3.05, 3.63) is 11.1 Å². The molecular weight excluding hydrogens is 307 g/mol. The second-order valence-corrected chi connectivity index (χ2v) is 8.57. The van der Waals surface area contributed by atoms with Crippen LogP contribution in [0.3, 0.4) is 0 Å². The first-order valence-corrected chi connectivity index (χ1v) is 9.46. The summed E-state index contributed by atoms with van der Waals surface area (Å²) in [5, 5.41) is 0. The van der Waals surface area contributed by atoms with Crippen LogP contribution in [0.4, 0.5) is 4.39 Å². The van der Waals surface area contributed by atoms with Crippen molar-refractivity contribution < 1.29 is 18.7 Å². The molecule has 0 N–H and O–H groups in total. The van der Waals surface area contributed by atoms with E-state index in [2.05, 4.69) is 6.92 Å². The van der Waals surface area contributed by atoms with Crippen molar-refractivity contribution in [2.24, 2.45) is 23.2 Å². The number of ether oxygens (including phenoxy) is 1. The van der Waals surface area contributed by atoms with Crippen molar-refractivity contribution in [3.8, 4) is 0 Å². The third-order valence-corrected chi connectivity index (χ3v) is 7.40. The first kappa shape index (κ1) is 16.3. The maximum atomic E-state index is 13.8. The fourth-order valence-electron chi connectivity index (χ4n) is 6.31. The Morgan fingerprint density at radius 2 is 2.00 bits per heavy atom. The largest absolute Gasteiger partial charge is 0.462 e. The van der Waals surface area contributed by atoms with Crippen molar-refractivity contribution in [2.45, 2.75) is 77.5 Å². The highest BCUT2D eigenvalue weighted by molar-refractivity contribution is 5.97. The molecule has 0 aromatic heterocycles. The molecular formula is C20H27FO3. The summed E-state index contributed by atoms with van der Waals surface area (Å²) < 4.78 is 19.4. The minimum absolute atomic E-state index is 0.00245. The molecule has 0 aromatic rings. The van der Waals surface area contributed by atoms with Gasteiger partial charge in [0.05, 0.1) is 0 Å². The lowest BCUT2D eigenvalue weighted by Crippen LogP contribution is -2.47. The zero-order valence-corrected chi connectivity index (χ0v) is 14.6. The number of allylic oxidation sites excluding steroid dienone is 2. The fraction of sp³-hybridized carbons (Fsp3) is 0.800. The highest BCUT2D eigenvalue weighted by Gasteiger charge is 2.57. The number of carbonyl (C=O) groups is 2. The Labute approximate surface area is 143 Å². The van der Waals surface area contributed by atoms with Gasteiger partial charge in [-0.3, -0.25) is 9.59 Å². The van der Waals surface area contributed by atoms with Crippen molar-refractivity contribution >= 4 is 11.8 Å². The minimum atomic E-state index is -0.835. The smallest absolute Gasteiger partial charge is 0.302 e. The first-order chi connectivity index (χ1) is 11.4. The third-order valence-electron chi connectivity index (χ3n) is 7.40. The molecule has 0 radical (unpaired) electrons. The summed E-state index contributed by atoms with van der Waals surface area (Å²) in [6.07, 6.45) is 5.46. The van der Waals surface area contributed by atoms with Crippen LogP contribution in [0.5, 0.6) is 0 Å². The predicted octanol–water partition coefficient (Wildman–Crippen LogP) is 4.15. The molecule has 0 saturated heterocycles. The van der Waals surface area contributed by atoms with E-state index in [1.807, 2.05) is 0 Å². The van der Waals surface area contributed by atoms with Gasteiger partial charge >= 0.3 is 5.97 Å². The van der Waals surface area contributed by atoms with Crippen molar-refractivity contribution in [1.82, 2.24) is 0 Å². The number of carbonyl (C=O) groups excluding carboxylic acids is 2. The van der Waals surface area contributed by atoms with Gasteiger partial charge in [-0.25, -0.2) is 4.39 Å². The Morgan fingerprint density at radius 1 is 1.21 bits per heavy atom. The van der Waals surface area contributed by atoms with Crippen LogP contribution in [0.1, 0.15) is 65.2 Å². The molecule has 0 heterocycles. The molecule has 0 unspecified atom stereocenters. The molecule has 4 aliphatic carbocycles. The summed E-state index contributed by atoms with van der Waals surface area (Å²) in [6.45, 7) is 3.74. The molecule has 4 heteroatoms. The summed E-state index contributed by atoms with van der Waals surface area (Å²) in [5.41, 5.74) is 2.11. The molecule has 0 aromatic carbocycles. The van der Waals surface area contributed by atoms with E-state index in [0.29, 0.717) is 37.0 Å². The zero-order valence-electron chi connectivity index (χ0n) is 14.6. The van der Waals surface area contributed by atoms with Crippen LogP contribution in [-0.2, 0) is 14.3 Å². The quantitative estimate of drug-likeness (QED) is 0.677. The zero-order chi connectivity index (χ0) is 17.1. The van der Waals surface area contributed by atoms with Crippen LogP contribution in [0.15, 0.2) is 11.1 Å². The van der Waals surface area contributed by atoms with E-state index in [0.717, 1.165) is 37.7 Å². The summed E-state index contributed by atoms with van der Waals surface area (Å²) in [5.74, 6) is 1.26. The molecule has 3 nitrogen and oxygen atoms in total. The number of fused-ring (bicyclic) bond motifs is 4. The summed E-state index contributed by atoms with van der Waals surface area (Å²) in [6, 6.07) is 0. The van der Waals surface area contributed by atoms with Crippen molar-refractivity contribution in [3.63, 3.8) is 0 Å². The van der Waals surface area contributed by atoms with Gasteiger partial charge in [0, 0.05) is 25.2 Å². The molecule has 6 atom stereocenters. The molecule has 24 heavy (non-hydrogen) atoms. The van der Waals surface area contributed by atoms with E-state index in [-0.39, 0.29) is 23.3 Å². The fourth-order valence-corrected chi connectivity index (χ4v) is 6.31. The lowest BCUT2D eigenvalue weighted by molar-refractivity contribution is -0.155. The molecule has 4 aliphatic rings. The lowest BCUT2D eigenvalue weighted by atomic mass is 9.54. The van der Waals surface area contributed by atoms with Gasteiger partial charge in [0.2, 0.25) is 0 Å². The molecule has 4 rings (SSSR count). The van der Waals surface area contributed by atoms with Gasteiger partial charge in [-0.1, -0.05) is 12.5 Å². The van der Waals surface area contributed by atoms with Gasteiger partial charge in [0.15, 0.2) is 5.78 Å². The number of Topliss-reactive ketones (excluding diaryl/α,β-unsaturated/α-hetero) is 1. The Morgan fingerprint density at radius 3 is 2.75 bits per heavy atom. The van der Waals surface area contributed by atoms with E-state index in [9.17, 15) is 14.0 Å². The molecule has 0 spiro atoms. The highest BCUT2D eigenvalue weighted by Crippen LogP contribution is 2.61. The normalized spacial score (nSPS) is 44.6. The Balaban J connectivity index is 1.63. The maximum Gasteiger partial charge on any atom is 0.302 e. The summed E-state index contributed by atoms with van der Waals surface area (Å²) in [4.78, 5) is 24.1. The van der Waals surface area contributed by atoms with E-state index in [1.165, 1.54) is 12.5 Å². The van der Waals surface area contributed by atoms with Crippen molar-refractivity contribution in [2.75, 3.05) is 0 Å². The number of rotatable bonds is 1. The molecule has 0 aliphatic heterocycles. The van der Waals surface area contributed by atoms with E-state index >= 15 is 0 Å². The minimum Gasteiger partial charge on any atom is -0.462 e. The van der Waals surface area contributed by atoms with Crippen LogP contribution in [0.2, 0.25) is 0 Å². The molecule has 132 valence electrons. The van der Waals surface area contributed by atoms with Crippen LogP contribution in [-0.4, -0.2) is 24.0 Å². The Kier molecular flexibility index (Phi) is 3.85. The SMILES string of the molecule is CC(=O)O[C@H]1CC[C@H]2[C@@H]3CC(=O)C4=C(CC[C@H](F)C4)[C@H]3CC[C@]12C. The Bertz CT molecular complexity index is 610. The number of esters is 1. The van der Waals surface area contributed by atoms with Crippen LogP contribution >= 0.6 is 0 Å². The van der Waals surface area contributed by atoms with Crippen LogP contribution in [0.25, 0.3) is 0 Å². The highest BCUT2D eigenvalue weighted by atomic mass is 19.1. The number of hydrogen-bond donors (Lipinski definition) is 0. The molecule has 0 amide bonds. The van der Waals surface area contributed by atoms with E-state index < -0.39 is 6.17 Å². The molecule has 2 fully saturated rings. The Hall–Kier alpha value is -1.19. The topological polar surface area (TPSA) is 43.4 Å².